The number of phosphoric acid groups is 1. The van der Waals surface area contributed by atoms with Crippen molar-refractivity contribution in [3.05, 3.63) is 85.1 Å². The molecule has 0 aliphatic heterocycles. The number of quaternary nitrogens is 1. The Morgan fingerprint density at radius 3 is 0.944 bits per heavy atom. The van der Waals surface area contributed by atoms with E-state index < -0.39 is 26.5 Å². The zero-order valence-electron chi connectivity index (χ0n) is 59.9. The molecule has 2 atom stereocenters. The molecule has 0 radical (unpaired) electrons. The summed E-state index contributed by atoms with van der Waals surface area (Å²) in [6.45, 7) is 4.34. The van der Waals surface area contributed by atoms with Crippen LogP contribution < -0.4 is 0 Å². The normalized spacial score (nSPS) is 13.5. The van der Waals surface area contributed by atoms with E-state index in [9.17, 15) is 19.0 Å². The Morgan fingerprint density at radius 2 is 0.633 bits per heavy atom. The average molecular weight is 1280 g/mol. The molecule has 1 N–H and O–H groups in total. The lowest BCUT2D eigenvalue weighted by molar-refractivity contribution is -0.870. The second kappa shape index (κ2) is 70.5. The number of hydrogen-bond donors (Lipinski definition) is 1. The molecular weight excluding hydrogens is 1130 g/mol. The number of unbranched alkanes of at least 4 members (excludes halogenated alkanes) is 43. The molecule has 90 heavy (non-hydrogen) atoms. The van der Waals surface area contributed by atoms with E-state index >= 15 is 0 Å². The largest absolute Gasteiger partial charge is 0.472 e. The first kappa shape index (κ1) is 87.2. The Hall–Kier alpha value is -2.81. The van der Waals surface area contributed by atoms with E-state index in [0.29, 0.717) is 17.4 Å². The molecule has 0 aliphatic rings. The maximum Gasteiger partial charge on any atom is 0.472 e. The Labute approximate surface area is 558 Å². The number of carbonyl (C=O) groups is 2. The molecule has 0 amide bonds. The molecule has 9 nitrogen and oxygen atoms in total. The highest BCUT2D eigenvalue weighted by Crippen LogP contribution is 2.43. The second-order valence-corrected chi connectivity index (χ2v) is 28.5. The average Bonchev–Trinajstić information content (AvgIpc) is 3.58. The van der Waals surface area contributed by atoms with Crippen LogP contribution in [0.3, 0.4) is 0 Å². The quantitative estimate of drug-likeness (QED) is 0.0211. The van der Waals surface area contributed by atoms with Crippen LogP contribution in [-0.4, -0.2) is 74.9 Å². The van der Waals surface area contributed by atoms with Gasteiger partial charge in [0.2, 0.25) is 0 Å². The van der Waals surface area contributed by atoms with Crippen LogP contribution in [0.1, 0.15) is 361 Å². The topological polar surface area (TPSA) is 108 Å². The smallest absolute Gasteiger partial charge is 0.462 e. The number of nitrogens with zero attached hydrogens (tertiary/aromatic N) is 1. The molecule has 0 aromatic heterocycles. The number of likely N-dealkylation sites (N-methyl/N-ethyl adjacent to an activating group) is 1. The fourth-order valence-electron chi connectivity index (χ4n) is 11.1. The lowest BCUT2D eigenvalue weighted by Crippen LogP contribution is -2.37. The maximum absolute atomic E-state index is 12.9. The van der Waals surface area contributed by atoms with Crippen molar-refractivity contribution in [3.63, 3.8) is 0 Å². The monoisotopic (exact) mass is 1280 g/mol. The number of rotatable bonds is 71. The Kier molecular flexibility index (Phi) is 68.3. The van der Waals surface area contributed by atoms with E-state index in [4.69, 9.17) is 18.5 Å². The van der Waals surface area contributed by atoms with Crippen LogP contribution in [0.2, 0.25) is 0 Å². The van der Waals surface area contributed by atoms with E-state index in [1.807, 2.05) is 21.1 Å². The van der Waals surface area contributed by atoms with E-state index in [1.54, 1.807) is 0 Å². The van der Waals surface area contributed by atoms with Gasteiger partial charge in [0.05, 0.1) is 27.7 Å². The lowest BCUT2D eigenvalue weighted by Gasteiger charge is -2.24. The SMILES string of the molecule is CC/C=C\C/C=C\C/C=C\C/C=C\C/C=C\CCCCCCCCCCCC(=O)OC(COC(=O)CCCCCCCCCCCCCCCCCCCCCCCCCCCCCCC/C=C\C/C=C\CCCCCCC)COP(=O)(O)OCC[N+](C)(C)C. The zero-order valence-corrected chi connectivity index (χ0v) is 60.8. The van der Waals surface area contributed by atoms with Crippen molar-refractivity contribution in [2.45, 2.75) is 367 Å². The molecule has 0 saturated carbocycles. The number of allylic oxidation sites excluding steroid dienone is 14. The summed E-state index contributed by atoms with van der Waals surface area (Å²) in [5.41, 5.74) is 0. The standard InChI is InChI=1S/C80H146NO8P/c1-6-8-10-12-14-16-18-20-22-24-26-28-30-32-33-34-35-36-37-38-39-40-41-42-43-44-45-46-47-49-50-52-54-56-58-60-62-64-66-68-70-72-79(82)86-76-78(77-88-90(84,85)87-75-74-81(3,4)5)89-80(83)73-71-69-67-65-63-61-59-57-55-53-51-48-31-29-27-25-23-21-19-17-15-13-11-9-7-2/h9,11,15,17-18,20-21,23-24,26-27,29,48,51,78H,6-8,10,12-14,16,19,22,25,28,30-47,49-50,52-77H2,1-5H3/p+1/b11-9-,17-15-,20-18-,23-21-,26-24-,29-27-,51-48-. The highest BCUT2D eigenvalue weighted by Gasteiger charge is 2.27. The zero-order chi connectivity index (χ0) is 65.5. The molecule has 0 aromatic carbocycles. The lowest BCUT2D eigenvalue weighted by atomic mass is 10.0. The molecule has 524 valence electrons. The summed E-state index contributed by atoms with van der Waals surface area (Å²) in [7, 11) is 1.48. The fourth-order valence-corrected chi connectivity index (χ4v) is 11.8. The number of esters is 2. The van der Waals surface area contributed by atoms with Gasteiger partial charge in [-0.2, -0.15) is 0 Å². The van der Waals surface area contributed by atoms with Crippen LogP contribution in [-0.2, 0) is 32.7 Å². The number of hydrogen-bond acceptors (Lipinski definition) is 7. The van der Waals surface area contributed by atoms with Crippen molar-refractivity contribution in [1.29, 1.82) is 0 Å². The van der Waals surface area contributed by atoms with Crippen molar-refractivity contribution in [2.24, 2.45) is 0 Å². The van der Waals surface area contributed by atoms with Crippen LogP contribution in [0.4, 0.5) is 0 Å². The Morgan fingerprint density at radius 1 is 0.356 bits per heavy atom. The van der Waals surface area contributed by atoms with E-state index in [0.717, 1.165) is 83.5 Å². The van der Waals surface area contributed by atoms with Crippen molar-refractivity contribution in [2.75, 3.05) is 47.5 Å². The van der Waals surface area contributed by atoms with Crippen molar-refractivity contribution in [1.82, 2.24) is 0 Å². The summed E-state index contributed by atoms with van der Waals surface area (Å²) in [4.78, 5) is 35.9. The van der Waals surface area contributed by atoms with E-state index in [-0.39, 0.29) is 32.0 Å². The van der Waals surface area contributed by atoms with E-state index in [2.05, 4.69) is 98.9 Å². The highest BCUT2D eigenvalue weighted by atomic mass is 31.2. The van der Waals surface area contributed by atoms with Gasteiger partial charge in [0.15, 0.2) is 6.10 Å². The molecule has 0 aromatic rings. The summed E-state index contributed by atoms with van der Waals surface area (Å²) in [5.74, 6) is -0.792. The third kappa shape index (κ3) is 74.2. The number of phosphoric ester groups is 1. The van der Waals surface area contributed by atoms with Gasteiger partial charge in [-0.05, 0) is 89.9 Å². The van der Waals surface area contributed by atoms with Gasteiger partial charge < -0.3 is 18.9 Å². The Balaban J connectivity index is 3.91. The van der Waals surface area contributed by atoms with E-state index in [1.165, 1.54) is 244 Å². The Bertz CT molecular complexity index is 1800. The molecule has 0 saturated heterocycles. The minimum absolute atomic E-state index is 0.0290. The minimum Gasteiger partial charge on any atom is -0.462 e. The first-order valence-corrected chi connectivity index (χ1v) is 39.8. The van der Waals surface area contributed by atoms with Gasteiger partial charge in [0.25, 0.3) is 0 Å². The molecule has 0 heterocycles. The molecule has 0 spiro atoms. The predicted octanol–water partition coefficient (Wildman–Crippen LogP) is 25.3. The van der Waals surface area contributed by atoms with Gasteiger partial charge in [-0.15, -0.1) is 0 Å². The predicted molar refractivity (Wildman–Crippen MR) is 390 cm³/mol. The van der Waals surface area contributed by atoms with Crippen LogP contribution in [0.15, 0.2) is 85.1 Å². The summed E-state index contributed by atoms with van der Waals surface area (Å²) < 4.78 is 34.8. The highest BCUT2D eigenvalue weighted by molar-refractivity contribution is 7.47. The number of ether oxygens (including phenoxy) is 2. The van der Waals surface area contributed by atoms with Gasteiger partial charge in [0.1, 0.15) is 19.8 Å². The van der Waals surface area contributed by atoms with Gasteiger partial charge in [-0.3, -0.25) is 18.6 Å². The van der Waals surface area contributed by atoms with Crippen molar-refractivity contribution in [3.8, 4) is 0 Å². The summed E-state index contributed by atoms with van der Waals surface area (Å²) in [5, 5.41) is 0. The van der Waals surface area contributed by atoms with Crippen molar-refractivity contribution < 1.29 is 42.1 Å². The molecule has 10 heteroatoms. The summed E-state index contributed by atoms with van der Waals surface area (Å²) in [6, 6.07) is 0. The third-order valence-electron chi connectivity index (χ3n) is 16.9. The third-order valence-corrected chi connectivity index (χ3v) is 17.9. The van der Waals surface area contributed by atoms with Gasteiger partial charge in [-0.1, -0.05) is 343 Å². The molecule has 0 rings (SSSR count). The minimum atomic E-state index is -4.40. The first-order chi connectivity index (χ1) is 44.0. The molecule has 0 fully saturated rings. The summed E-state index contributed by atoms with van der Waals surface area (Å²) >= 11 is 0. The molecule has 0 aliphatic carbocycles. The van der Waals surface area contributed by atoms with Crippen LogP contribution in [0.25, 0.3) is 0 Å². The van der Waals surface area contributed by atoms with Gasteiger partial charge >= 0.3 is 19.8 Å². The van der Waals surface area contributed by atoms with Crippen LogP contribution in [0.5, 0.6) is 0 Å². The number of carbonyl (C=O) groups excluding carboxylic acids is 2. The maximum atomic E-state index is 12.9. The van der Waals surface area contributed by atoms with Crippen LogP contribution >= 0.6 is 7.82 Å². The first-order valence-electron chi connectivity index (χ1n) is 38.3. The summed E-state index contributed by atoms with van der Waals surface area (Å²) in [6.07, 6.45) is 97.3. The molecule has 2 unspecified atom stereocenters. The van der Waals surface area contributed by atoms with Gasteiger partial charge in [-0.25, -0.2) is 4.57 Å². The van der Waals surface area contributed by atoms with Gasteiger partial charge in [0, 0.05) is 12.8 Å². The second-order valence-electron chi connectivity index (χ2n) is 27.0. The molecule has 0 bridgehead atoms. The van der Waals surface area contributed by atoms with Crippen LogP contribution in [0, 0.1) is 0 Å². The van der Waals surface area contributed by atoms with Crippen molar-refractivity contribution >= 4 is 19.8 Å². The fraction of sp³-hybridized carbons (Fsp3) is 0.800. The molecular formula is C80H147NO8P+.